The van der Waals surface area contributed by atoms with Gasteiger partial charge in [0, 0.05) is 29.6 Å². The third-order valence-electron chi connectivity index (χ3n) is 4.18. The largest absolute Gasteiger partial charge is 0.338 e. The summed E-state index contributed by atoms with van der Waals surface area (Å²) in [5.41, 5.74) is 0.806. The lowest BCUT2D eigenvalue weighted by Crippen LogP contribution is -2.43. The molecule has 0 spiro atoms. The number of rotatable bonds is 7. The number of carbonyl (C=O) groups is 2. The Labute approximate surface area is 148 Å². The zero-order valence-corrected chi connectivity index (χ0v) is 15.1. The summed E-state index contributed by atoms with van der Waals surface area (Å²) in [5.74, 6) is -0.0265. The Kier molecular flexibility index (Phi) is 7.95. The van der Waals surface area contributed by atoms with Crippen LogP contribution in [-0.4, -0.2) is 30.8 Å². The number of hydrogen-bond acceptors (Lipinski definition) is 3. The minimum atomic E-state index is -0.116. The lowest BCUT2D eigenvalue weighted by Gasteiger charge is -2.22. The molecular weight excluding hydrogens is 322 g/mol. The highest BCUT2D eigenvalue weighted by molar-refractivity contribution is 7.98. The second kappa shape index (κ2) is 10.2. The molecule has 3 amide bonds. The minimum absolute atomic E-state index is 0.0265. The first kappa shape index (κ1) is 18.6. The summed E-state index contributed by atoms with van der Waals surface area (Å²) < 4.78 is 0. The molecule has 0 saturated heterocycles. The molecule has 0 aliphatic heterocycles. The fourth-order valence-electron chi connectivity index (χ4n) is 2.83. The van der Waals surface area contributed by atoms with Crippen LogP contribution in [0.4, 0.5) is 10.5 Å². The van der Waals surface area contributed by atoms with Gasteiger partial charge in [-0.2, -0.15) is 0 Å². The number of urea groups is 1. The zero-order valence-electron chi connectivity index (χ0n) is 14.3. The summed E-state index contributed by atoms with van der Waals surface area (Å²) in [4.78, 5) is 24.8. The third kappa shape index (κ3) is 6.83. The first-order valence-electron chi connectivity index (χ1n) is 8.65. The third-order valence-corrected chi connectivity index (χ3v) is 4.92. The van der Waals surface area contributed by atoms with E-state index < -0.39 is 0 Å². The van der Waals surface area contributed by atoms with Gasteiger partial charge in [-0.05, 0) is 49.8 Å². The molecule has 1 saturated carbocycles. The van der Waals surface area contributed by atoms with E-state index in [-0.39, 0.29) is 11.9 Å². The van der Waals surface area contributed by atoms with E-state index in [9.17, 15) is 9.59 Å². The number of benzene rings is 1. The van der Waals surface area contributed by atoms with Crippen LogP contribution in [0.15, 0.2) is 29.2 Å². The number of nitrogens with one attached hydrogen (secondary N) is 3. The van der Waals surface area contributed by atoms with Crippen LogP contribution in [-0.2, 0) is 4.79 Å². The molecule has 1 aliphatic carbocycles. The van der Waals surface area contributed by atoms with Crippen molar-refractivity contribution in [3.63, 3.8) is 0 Å². The van der Waals surface area contributed by atoms with E-state index in [1.807, 2.05) is 30.5 Å². The highest BCUT2D eigenvalue weighted by Gasteiger charge is 2.15. The molecule has 0 heterocycles. The van der Waals surface area contributed by atoms with Crippen molar-refractivity contribution < 1.29 is 9.59 Å². The molecule has 132 valence electrons. The molecule has 0 atom stereocenters. The van der Waals surface area contributed by atoms with Gasteiger partial charge in [0.15, 0.2) is 0 Å². The number of amides is 3. The van der Waals surface area contributed by atoms with Crippen molar-refractivity contribution in [2.24, 2.45) is 0 Å². The number of hydrogen-bond donors (Lipinski definition) is 3. The van der Waals surface area contributed by atoms with Gasteiger partial charge in [-0.15, -0.1) is 11.8 Å². The maximum atomic E-state index is 11.9. The maximum absolute atomic E-state index is 11.9. The Balaban J connectivity index is 1.57. The lowest BCUT2D eigenvalue weighted by molar-refractivity contribution is -0.116. The molecule has 3 N–H and O–H groups in total. The predicted molar refractivity (Wildman–Crippen MR) is 99.5 cm³/mol. The van der Waals surface area contributed by atoms with Gasteiger partial charge in [0.25, 0.3) is 0 Å². The van der Waals surface area contributed by atoms with Crippen molar-refractivity contribution in [2.45, 2.75) is 55.9 Å². The van der Waals surface area contributed by atoms with Gasteiger partial charge in [-0.3, -0.25) is 4.79 Å². The predicted octanol–water partition coefficient (Wildman–Crippen LogP) is 3.76. The molecule has 1 aromatic rings. The van der Waals surface area contributed by atoms with Crippen LogP contribution in [0.2, 0.25) is 0 Å². The van der Waals surface area contributed by atoms with Crippen molar-refractivity contribution in [2.75, 3.05) is 18.1 Å². The van der Waals surface area contributed by atoms with Crippen molar-refractivity contribution >= 4 is 29.4 Å². The average Bonchev–Trinajstić information content (AvgIpc) is 2.60. The standard InChI is InChI=1S/C18H27N3O2S/c1-24-16-11-9-15(10-12-16)20-17(22)8-5-13-19-18(23)21-14-6-3-2-4-7-14/h9-12,14H,2-8,13H2,1H3,(H,20,22)(H2,19,21,23). The van der Waals surface area contributed by atoms with Crippen LogP contribution < -0.4 is 16.0 Å². The van der Waals surface area contributed by atoms with Crippen molar-refractivity contribution in [3.05, 3.63) is 24.3 Å². The number of carbonyl (C=O) groups excluding carboxylic acids is 2. The molecule has 24 heavy (non-hydrogen) atoms. The Morgan fingerprint density at radius 3 is 2.50 bits per heavy atom. The van der Waals surface area contributed by atoms with Crippen LogP contribution in [0.3, 0.4) is 0 Å². The summed E-state index contributed by atoms with van der Waals surface area (Å²) in [6, 6.07) is 7.97. The highest BCUT2D eigenvalue weighted by atomic mass is 32.2. The van der Waals surface area contributed by atoms with Gasteiger partial charge >= 0.3 is 6.03 Å². The van der Waals surface area contributed by atoms with E-state index in [1.54, 1.807) is 11.8 Å². The first-order valence-corrected chi connectivity index (χ1v) is 9.88. The van der Waals surface area contributed by atoms with Gasteiger partial charge < -0.3 is 16.0 Å². The Morgan fingerprint density at radius 1 is 1.12 bits per heavy atom. The van der Waals surface area contributed by atoms with E-state index in [2.05, 4.69) is 16.0 Å². The van der Waals surface area contributed by atoms with Gasteiger partial charge in [-0.25, -0.2) is 4.79 Å². The fourth-order valence-corrected chi connectivity index (χ4v) is 3.24. The van der Waals surface area contributed by atoms with Crippen molar-refractivity contribution in [1.29, 1.82) is 0 Å². The van der Waals surface area contributed by atoms with Crippen LogP contribution in [0, 0.1) is 0 Å². The second-order valence-electron chi connectivity index (χ2n) is 6.12. The van der Waals surface area contributed by atoms with E-state index in [4.69, 9.17) is 0 Å². The normalized spacial score (nSPS) is 14.9. The van der Waals surface area contributed by atoms with E-state index >= 15 is 0 Å². The summed E-state index contributed by atoms with van der Waals surface area (Å²) in [6.07, 6.45) is 8.86. The summed E-state index contributed by atoms with van der Waals surface area (Å²) in [7, 11) is 0. The molecule has 1 aromatic carbocycles. The smallest absolute Gasteiger partial charge is 0.315 e. The molecule has 0 radical (unpaired) electrons. The second-order valence-corrected chi connectivity index (χ2v) is 7.00. The van der Waals surface area contributed by atoms with Gasteiger partial charge in [0.2, 0.25) is 5.91 Å². The van der Waals surface area contributed by atoms with E-state index in [1.165, 1.54) is 24.2 Å². The average molecular weight is 350 g/mol. The van der Waals surface area contributed by atoms with Crippen molar-refractivity contribution in [1.82, 2.24) is 10.6 Å². The Hall–Kier alpha value is -1.69. The summed E-state index contributed by atoms with van der Waals surface area (Å²) >= 11 is 1.67. The lowest BCUT2D eigenvalue weighted by atomic mass is 9.96. The number of thioether (sulfide) groups is 1. The van der Waals surface area contributed by atoms with Gasteiger partial charge in [0.05, 0.1) is 0 Å². The van der Waals surface area contributed by atoms with E-state index in [0.29, 0.717) is 25.4 Å². The van der Waals surface area contributed by atoms with Crippen LogP contribution >= 0.6 is 11.8 Å². The minimum Gasteiger partial charge on any atom is -0.338 e. The molecule has 0 bridgehead atoms. The molecule has 1 fully saturated rings. The summed E-state index contributed by atoms with van der Waals surface area (Å²) in [5, 5.41) is 8.71. The van der Waals surface area contributed by atoms with E-state index in [0.717, 1.165) is 18.5 Å². The maximum Gasteiger partial charge on any atom is 0.315 e. The quantitative estimate of drug-likeness (QED) is 0.518. The molecule has 6 heteroatoms. The van der Waals surface area contributed by atoms with Gasteiger partial charge in [-0.1, -0.05) is 19.3 Å². The molecular formula is C18H27N3O2S. The van der Waals surface area contributed by atoms with Gasteiger partial charge in [0.1, 0.15) is 0 Å². The Morgan fingerprint density at radius 2 is 1.83 bits per heavy atom. The Bertz CT molecular complexity index is 528. The molecule has 0 aromatic heterocycles. The molecule has 1 aliphatic rings. The van der Waals surface area contributed by atoms with Crippen molar-refractivity contribution in [3.8, 4) is 0 Å². The number of anilines is 1. The molecule has 5 nitrogen and oxygen atoms in total. The highest BCUT2D eigenvalue weighted by Crippen LogP contribution is 2.18. The van der Waals surface area contributed by atoms with Crippen LogP contribution in [0.5, 0.6) is 0 Å². The topological polar surface area (TPSA) is 70.2 Å². The van der Waals surface area contributed by atoms with Crippen LogP contribution in [0.1, 0.15) is 44.9 Å². The summed E-state index contributed by atoms with van der Waals surface area (Å²) in [6.45, 7) is 0.511. The molecule has 0 unspecified atom stereocenters. The first-order chi connectivity index (χ1) is 11.7. The molecule has 2 rings (SSSR count). The zero-order chi connectivity index (χ0) is 17.2. The van der Waals surface area contributed by atoms with Crippen LogP contribution in [0.25, 0.3) is 0 Å². The SMILES string of the molecule is CSc1ccc(NC(=O)CCCNC(=O)NC2CCCCC2)cc1. The fraction of sp³-hybridized carbons (Fsp3) is 0.556. The monoisotopic (exact) mass is 349 g/mol.